The zero-order chi connectivity index (χ0) is 24.3. The largest absolute Gasteiger partial charge is 0.357 e. The van der Waals surface area contributed by atoms with Crippen LogP contribution in [0.1, 0.15) is 50.8 Å². The van der Waals surface area contributed by atoms with Gasteiger partial charge in [-0.05, 0) is 74.1 Å². The third-order valence-electron chi connectivity index (χ3n) is 6.87. The van der Waals surface area contributed by atoms with E-state index in [-0.39, 0.29) is 0 Å². The van der Waals surface area contributed by atoms with Crippen LogP contribution in [0.4, 0.5) is 11.5 Å². The Hall–Kier alpha value is -4.00. The second-order valence-corrected chi connectivity index (χ2v) is 9.55. The highest BCUT2D eigenvalue weighted by Crippen LogP contribution is 2.38. The molecule has 1 N–H and O–H groups in total. The third kappa shape index (κ3) is 4.73. The molecule has 0 bridgehead atoms. The van der Waals surface area contributed by atoms with Crippen molar-refractivity contribution in [3.05, 3.63) is 79.0 Å². The standard InChI is InChI=1S/C29H31N7/c1-2-6-26(33-24-8-5-7-22(17-24)29-34-32-20-36(29)25-10-11-25)27-18-21(13-14-30-27)23-9-12-28(31-19-23)35-15-3-4-16-35/h5-9,12-14,17-20,25,33H,2-4,10-11,15-16H2,1H3/b26-6+. The molecule has 1 aliphatic carbocycles. The lowest BCUT2D eigenvalue weighted by Gasteiger charge is -2.16. The van der Waals surface area contributed by atoms with E-state index in [1.807, 2.05) is 24.8 Å². The maximum atomic E-state index is 4.74. The number of anilines is 2. The van der Waals surface area contributed by atoms with Crippen LogP contribution in [0, 0.1) is 0 Å². The lowest BCUT2D eigenvalue weighted by Crippen LogP contribution is -2.18. The van der Waals surface area contributed by atoms with Gasteiger partial charge in [-0.25, -0.2) is 4.98 Å². The summed E-state index contributed by atoms with van der Waals surface area (Å²) < 4.78 is 2.19. The second kappa shape index (κ2) is 9.93. The number of nitrogens with zero attached hydrogens (tertiary/aromatic N) is 6. The zero-order valence-corrected chi connectivity index (χ0v) is 20.6. The molecule has 182 valence electrons. The van der Waals surface area contributed by atoms with Crippen LogP contribution in [0.3, 0.4) is 0 Å². The molecule has 3 aromatic heterocycles. The highest BCUT2D eigenvalue weighted by molar-refractivity contribution is 5.79. The molecule has 2 fully saturated rings. The summed E-state index contributed by atoms with van der Waals surface area (Å²) in [5.74, 6) is 1.99. The first-order valence-corrected chi connectivity index (χ1v) is 12.9. The molecule has 6 rings (SSSR count). The fourth-order valence-corrected chi connectivity index (χ4v) is 4.83. The van der Waals surface area contributed by atoms with E-state index in [9.17, 15) is 0 Å². The maximum Gasteiger partial charge on any atom is 0.164 e. The first-order valence-electron chi connectivity index (χ1n) is 12.9. The molecule has 1 aromatic carbocycles. The van der Waals surface area contributed by atoms with Crippen LogP contribution in [0.15, 0.2) is 73.3 Å². The number of allylic oxidation sites excluding steroid dienone is 1. The lowest BCUT2D eigenvalue weighted by atomic mass is 10.1. The number of hydrogen-bond donors (Lipinski definition) is 1. The van der Waals surface area contributed by atoms with Crippen molar-refractivity contribution >= 4 is 17.2 Å². The van der Waals surface area contributed by atoms with Gasteiger partial charge in [0.25, 0.3) is 0 Å². The molecule has 4 aromatic rings. The first-order chi connectivity index (χ1) is 17.8. The summed E-state index contributed by atoms with van der Waals surface area (Å²) >= 11 is 0. The number of benzene rings is 1. The van der Waals surface area contributed by atoms with Crippen LogP contribution >= 0.6 is 0 Å². The van der Waals surface area contributed by atoms with E-state index in [1.165, 1.54) is 25.7 Å². The summed E-state index contributed by atoms with van der Waals surface area (Å²) in [6.07, 6.45) is 13.7. The molecular formula is C29H31N7. The average Bonchev–Trinajstić information content (AvgIpc) is 3.39. The van der Waals surface area contributed by atoms with E-state index in [0.717, 1.165) is 64.9 Å². The Kier molecular flexibility index (Phi) is 6.20. The number of hydrogen-bond acceptors (Lipinski definition) is 6. The molecule has 2 aliphatic rings. The molecule has 0 spiro atoms. The molecule has 1 saturated heterocycles. The molecule has 7 heteroatoms. The van der Waals surface area contributed by atoms with Gasteiger partial charge in [0.1, 0.15) is 12.1 Å². The summed E-state index contributed by atoms with van der Waals surface area (Å²) in [6.45, 7) is 4.34. The number of nitrogens with one attached hydrogen (secondary N) is 1. The molecule has 1 saturated carbocycles. The van der Waals surface area contributed by atoms with Gasteiger partial charge in [0, 0.05) is 48.3 Å². The van der Waals surface area contributed by atoms with Gasteiger partial charge in [0.15, 0.2) is 5.82 Å². The summed E-state index contributed by atoms with van der Waals surface area (Å²) in [5, 5.41) is 12.2. The fraction of sp³-hybridized carbons (Fsp3) is 0.310. The lowest BCUT2D eigenvalue weighted by molar-refractivity contribution is 0.746. The summed E-state index contributed by atoms with van der Waals surface area (Å²) in [5.41, 5.74) is 6.16. The smallest absolute Gasteiger partial charge is 0.164 e. The van der Waals surface area contributed by atoms with E-state index in [4.69, 9.17) is 9.97 Å². The molecule has 0 atom stereocenters. The first kappa shape index (κ1) is 22.5. The molecular weight excluding hydrogens is 446 g/mol. The molecule has 0 radical (unpaired) electrons. The normalized spacial score (nSPS) is 15.9. The summed E-state index contributed by atoms with van der Waals surface area (Å²) in [6, 6.07) is 17.4. The van der Waals surface area contributed by atoms with Gasteiger partial charge in [-0.2, -0.15) is 0 Å². The monoisotopic (exact) mass is 477 g/mol. The Labute approximate surface area is 211 Å². The Morgan fingerprint density at radius 1 is 1.00 bits per heavy atom. The van der Waals surface area contributed by atoms with Crippen LogP contribution in [-0.2, 0) is 0 Å². The van der Waals surface area contributed by atoms with Gasteiger partial charge in [-0.3, -0.25) is 4.98 Å². The average molecular weight is 478 g/mol. The molecule has 4 heterocycles. The number of pyridine rings is 2. The Morgan fingerprint density at radius 3 is 2.67 bits per heavy atom. The predicted molar refractivity (Wildman–Crippen MR) is 145 cm³/mol. The Bertz CT molecular complexity index is 1360. The topological polar surface area (TPSA) is 71.8 Å². The maximum absolute atomic E-state index is 4.74. The minimum absolute atomic E-state index is 0.535. The van der Waals surface area contributed by atoms with Crippen LogP contribution in [0.5, 0.6) is 0 Å². The predicted octanol–water partition coefficient (Wildman–Crippen LogP) is 6.20. The quantitative estimate of drug-likeness (QED) is 0.326. The Balaban J connectivity index is 1.24. The summed E-state index contributed by atoms with van der Waals surface area (Å²) in [4.78, 5) is 11.8. The van der Waals surface area contributed by atoms with Crippen molar-refractivity contribution in [2.24, 2.45) is 0 Å². The van der Waals surface area contributed by atoms with Crippen molar-refractivity contribution in [2.75, 3.05) is 23.3 Å². The minimum Gasteiger partial charge on any atom is -0.357 e. The van der Waals surface area contributed by atoms with E-state index in [2.05, 4.69) is 80.4 Å². The van der Waals surface area contributed by atoms with Gasteiger partial charge in [-0.1, -0.05) is 25.1 Å². The molecule has 1 aliphatic heterocycles. The zero-order valence-electron chi connectivity index (χ0n) is 20.6. The highest BCUT2D eigenvalue weighted by Gasteiger charge is 2.26. The summed E-state index contributed by atoms with van der Waals surface area (Å²) in [7, 11) is 0. The SMILES string of the molecule is CC/C=C(/Nc1cccc(-c2nncn2C2CC2)c1)c1cc(-c2ccc(N3CCCC3)nc2)ccn1. The molecule has 7 nitrogen and oxygen atoms in total. The van der Waals surface area contributed by atoms with Crippen LogP contribution in [0.25, 0.3) is 28.2 Å². The van der Waals surface area contributed by atoms with Gasteiger partial charge in [-0.15, -0.1) is 10.2 Å². The van der Waals surface area contributed by atoms with Crippen molar-refractivity contribution in [3.63, 3.8) is 0 Å². The minimum atomic E-state index is 0.535. The van der Waals surface area contributed by atoms with Crippen molar-refractivity contribution in [3.8, 4) is 22.5 Å². The van der Waals surface area contributed by atoms with Gasteiger partial charge in [0.05, 0.1) is 11.4 Å². The van der Waals surface area contributed by atoms with E-state index in [0.29, 0.717) is 6.04 Å². The highest BCUT2D eigenvalue weighted by atomic mass is 15.3. The Morgan fingerprint density at radius 2 is 1.89 bits per heavy atom. The van der Waals surface area contributed by atoms with Crippen molar-refractivity contribution in [2.45, 2.75) is 45.1 Å². The number of rotatable bonds is 8. The van der Waals surface area contributed by atoms with Gasteiger partial charge >= 0.3 is 0 Å². The molecule has 0 unspecified atom stereocenters. The van der Waals surface area contributed by atoms with Crippen LogP contribution in [-0.4, -0.2) is 37.8 Å². The van der Waals surface area contributed by atoms with Crippen LogP contribution < -0.4 is 10.2 Å². The van der Waals surface area contributed by atoms with Crippen molar-refractivity contribution < 1.29 is 0 Å². The van der Waals surface area contributed by atoms with Gasteiger partial charge < -0.3 is 14.8 Å². The number of aromatic nitrogens is 5. The van der Waals surface area contributed by atoms with Gasteiger partial charge in [0.2, 0.25) is 0 Å². The van der Waals surface area contributed by atoms with Crippen molar-refractivity contribution in [1.82, 2.24) is 24.7 Å². The molecule has 0 amide bonds. The third-order valence-corrected chi connectivity index (χ3v) is 6.87. The molecule has 36 heavy (non-hydrogen) atoms. The fourth-order valence-electron chi connectivity index (χ4n) is 4.83. The van der Waals surface area contributed by atoms with E-state index < -0.39 is 0 Å². The van der Waals surface area contributed by atoms with Crippen LogP contribution in [0.2, 0.25) is 0 Å². The van der Waals surface area contributed by atoms with Crippen molar-refractivity contribution in [1.29, 1.82) is 0 Å². The van der Waals surface area contributed by atoms with E-state index in [1.54, 1.807) is 0 Å². The van der Waals surface area contributed by atoms with E-state index >= 15 is 0 Å². The second-order valence-electron chi connectivity index (χ2n) is 9.55.